The van der Waals surface area contributed by atoms with Gasteiger partial charge in [-0.2, -0.15) is 0 Å². The molecule has 0 N–H and O–H groups in total. The van der Waals surface area contributed by atoms with E-state index in [0.29, 0.717) is 6.10 Å². The third-order valence-electron chi connectivity index (χ3n) is 3.95. The summed E-state index contributed by atoms with van der Waals surface area (Å²) in [6, 6.07) is 0. The Morgan fingerprint density at radius 3 is 2.38 bits per heavy atom. The van der Waals surface area contributed by atoms with Crippen LogP contribution in [0.15, 0.2) is 18.7 Å². The molecule has 1 heterocycles. The van der Waals surface area contributed by atoms with Crippen LogP contribution in [0.4, 0.5) is 0 Å². The molecule has 0 bridgehead atoms. The highest BCUT2D eigenvalue weighted by Gasteiger charge is 2.09. The molecule has 1 unspecified atom stereocenters. The molecule has 0 radical (unpaired) electrons. The van der Waals surface area contributed by atoms with Crippen LogP contribution in [0.2, 0.25) is 0 Å². The molecule has 0 saturated heterocycles. The van der Waals surface area contributed by atoms with Gasteiger partial charge in [-0.05, 0) is 12.8 Å². The molecule has 1 aromatic heterocycles. The van der Waals surface area contributed by atoms with E-state index in [2.05, 4.69) is 23.4 Å². The summed E-state index contributed by atoms with van der Waals surface area (Å²) in [7, 11) is 0. The Morgan fingerprint density at radius 2 is 1.67 bits per heavy atom. The molecule has 21 heavy (non-hydrogen) atoms. The van der Waals surface area contributed by atoms with Gasteiger partial charge in [-0.25, -0.2) is 4.98 Å². The van der Waals surface area contributed by atoms with Gasteiger partial charge in [-0.1, -0.05) is 65.2 Å². The van der Waals surface area contributed by atoms with Gasteiger partial charge in [0.1, 0.15) is 0 Å². The van der Waals surface area contributed by atoms with Crippen molar-refractivity contribution in [2.75, 3.05) is 6.61 Å². The van der Waals surface area contributed by atoms with Crippen LogP contribution in [0, 0.1) is 0 Å². The zero-order chi connectivity index (χ0) is 15.2. The van der Waals surface area contributed by atoms with Crippen LogP contribution >= 0.6 is 0 Å². The summed E-state index contributed by atoms with van der Waals surface area (Å²) in [5.41, 5.74) is 0. The first-order valence-electron chi connectivity index (χ1n) is 8.94. The molecule has 1 rings (SSSR count). The van der Waals surface area contributed by atoms with Crippen LogP contribution in [-0.4, -0.2) is 22.3 Å². The van der Waals surface area contributed by atoms with E-state index in [-0.39, 0.29) is 0 Å². The molecule has 0 spiro atoms. The Hall–Kier alpha value is -0.830. The molecule has 0 amide bonds. The van der Waals surface area contributed by atoms with Crippen molar-refractivity contribution in [3.05, 3.63) is 18.7 Å². The van der Waals surface area contributed by atoms with Crippen LogP contribution in [0.3, 0.4) is 0 Å². The Labute approximate surface area is 131 Å². The van der Waals surface area contributed by atoms with Crippen LogP contribution in [-0.2, 0) is 11.3 Å². The molecule has 0 aromatic carbocycles. The topological polar surface area (TPSA) is 27.1 Å². The maximum absolute atomic E-state index is 6.10. The van der Waals surface area contributed by atoms with Crippen LogP contribution in [0.25, 0.3) is 0 Å². The predicted octanol–water partition coefficient (Wildman–Crippen LogP) is 5.21. The lowest BCUT2D eigenvalue weighted by molar-refractivity contribution is 0.0318. The summed E-state index contributed by atoms with van der Waals surface area (Å²) in [6.45, 7) is 6.36. The number of hydrogen-bond acceptors (Lipinski definition) is 2. The molecule has 1 atom stereocenters. The zero-order valence-corrected chi connectivity index (χ0v) is 14.1. The van der Waals surface area contributed by atoms with Crippen molar-refractivity contribution in [3.8, 4) is 0 Å². The van der Waals surface area contributed by atoms with E-state index < -0.39 is 0 Å². The lowest BCUT2D eigenvalue weighted by atomic mass is 10.1. The highest BCUT2D eigenvalue weighted by atomic mass is 16.5. The van der Waals surface area contributed by atoms with Crippen molar-refractivity contribution in [1.29, 1.82) is 0 Å². The molecular weight excluding hydrogens is 260 g/mol. The van der Waals surface area contributed by atoms with Gasteiger partial charge in [0.05, 0.1) is 12.4 Å². The van der Waals surface area contributed by atoms with Crippen molar-refractivity contribution in [2.45, 2.75) is 90.7 Å². The quantitative estimate of drug-likeness (QED) is 0.440. The van der Waals surface area contributed by atoms with Crippen LogP contribution in [0.1, 0.15) is 78.1 Å². The first-order valence-corrected chi connectivity index (χ1v) is 8.94. The molecule has 0 aliphatic heterocycles. The third-order valence-corrected chi connectivity index (χ3v) is 3.95. The van der Waals surface area contributed by atoms with Crippen molar-refractivity contribution < 1.29 is 4.74 Å². The second-order valence-corrected chi connectivity index (χ2v) is 6.02. The summed E-state index contributed by atoms with van der Waals surface area (Å²) in [4.78, 5) is 4.12. The second kappa shape index (κ2) is 12.9. The first-order chi connectivity index (χ1) is 10.4. The normalized spacial score (nSPS) is 12.7. The fourth-order valence-electron chi connectivity index (χ4n) is 2.61. The average molecular weight is 294 g/mol. The predicted molar refractivity (Wildman–Crippen MR) is 89.5 cm³/mol. The minimum atomic E-state index is 0.349. The largest absolute Gasteiger partial charge is 0.376 e. The summed E-state index contributed by atoms with van der Waals surface area (Å²) in [5, 5.41) is 0. The molecule has 0 saturated carbocycles. The van der Waals surface area contributed by atoms with Gasteiger partial charge in [0.25, 0.3) is 0 Å². The van der Waals surface area contributed by atoms with Crippen LogP contribution in [0.5, 0.6) is 0 Å². The van der Waals surface area contributed by atoms with Crippen LogP contribution < -0.4 is 0 Å². The van der Waals surface area contributed by atoms with E-state index in [1.54, 1.807) is 0 Å². The monoisotopic (exact) mass is 294 g/mol. The number of aromatic nitrogens is 2. The Bertz CT molecular complexity index is 311. The highest BCUT2D eigenvalue weighted by molar-refractivity contribution is 4.76. The minimum Gasteiger partial charge on any atom is -0.376 e. The van der Waals surface area contributed by atoms with Gasteiger partial charge < -0.3 is 9.30 Å². The standard InChI is InChI=1S/C18H34N2O/c1-3-5-7-8-9-10-12-18(21-15-11-6-4-2)16-20-14-13-19-17-20/h13-14,17-18H,3-12,15-16H2,1-2H3. The smallest absolute Gasteiger partial charge is 0.0946 e. The van der Waals surface area contributed by atoms with Gasteiger partial charge in [-0.3, -0.25) is 0 Å². The molecule has 122 valence electrons. The number of ether oxygens (including phenoxy) is 1. The molecule has 3 heteroatoms. The third kappa shape index (κ3) is 9.67. The molecule has 3 nitrogen and oxygen atoms in total. The average Bonchev–Trinajstić information content (AvgIpc) is 2.99. The van der Waals surface area contributed by atoms with Crippen molar-refractivity contribution in [1.82, 2.24) is 9.55 Å². The summed E-state index contributed by atoms with van der Waals surface area (Å²) in [5.74, 6) is 0. The van der Waals surface area contributed by atoms with Gasteiger partial charge in [0.2, 0.25) is 0 Å². The first kappa shape index (κ1) is 18.2. The number of imidazole rings is 1. The fourth-order valence-corrected chi connectivity index (χ4v) is 2.61. The molecular formula is C18H34N2O. The van der Waals surface area contributed by atoms with E-state index in [1.807, 2.05) is 18.7 Å². The summed E-state index contributed by atoms with van der Waals surface area (Å²) >= 11 is 0. The SMILES string of the molecule is CCCCCCCCC(Cn1ccnc1)OCCCCC. The van der Waals surface area contributed by atoms with E-state index in [1.165, 1.54) is 64.2 Å². The van der Waals surface area contributed by atoms with Crippen molar-refractivity contribution in [3.63, 3.8) is 0 Å². The van der Waals surface area contributed by atoms with E-state index in [4.69, 9.17) is 4.74 Å². The van der Waals surface area contributed by atoms with Gasteiger partial charge in [0.15, 0.2) is 0 Å². The lowest BCUT2D eigenvalue weighted by Gasteiger charge is -2.18. The van der Waals surface area contributed by atoms with E-state index in [9.17, 15) is 0 Å². The lowest BCUT2D eigenvalue weighted by Crippen LogP contribution is -2.20. The summed E-state index contributed by atoms with van der Waals surface area (Å²) in [6.07, 6.45) is 19.1. The second-order valence-electron chi connectivity index (χ2n) is 6.02. The zero-order valence-electron chi connectivity index (χ0n) is 14.1. The molecule has 0 aliphatic carbocycles. The Balaban J connectivity index is 2.19. The maximum atomic E-state index is 6.10. The van der Waals surface area contributed by atoms with E-state index in [0.717, 1.165) is 13.2 Å². The van der Waals surface area contributed by atoms with Crippen molar-refractivity contribution >= 4 is 0 Å². The fraction of sp³-hybridized carbons (Fsp3) is 0.833. The number of hydrogen-bond donors (Lipinski definition) is 0. The Morgan fingerprint density at radius 1 is 0.952 bits per heavy atom. The molecule has 1 aromatic rings. The van der Waals surface area contributed by atoms with Gasteiger partial charge >= 0.3 is 0 Å². The highest BCUT2D eigenvalue weighted by Crippen LogP contribution is 2.13. The number of rotatable bonds is 14. The number of unbranched alkanes of at least 4 members (excludes halogenated alkanes) is 7. The van der Waals surface area contributed by atoms with Gasteiger partial charge in [-0.15, -0.1) is 0 Å². The molecule has 0 aliphatic rings. The number of nitrogens with zero attached hydrogens (tertiary/aromatic N) is 2. The van der Waals surface area contributed by atoms with Gasteiger partial charge in [0, 0.05) is 25.5 Å². The minimum absolute atomic E-state index is 0.349. The van der Waals surface area contributed by atoms with E-state index >= 15 is 0 Å². The maximum Gasteiger partial charge on any atom is 0.0946 e. The summed E-state index contributed by atoms with van der Waals surface area (Å²) < 4.78 is 8.24. The molecule has 0 fully saturated rings. The van der Waals surface area contributed by atoms with Crippen molar-refractivity contribution in [2.24, 2.45) is 0 Å². The Kier molecular flexibility index (Phi) is 11.2.